The second-order valence-electron chi connectivity index (χ2n) is 10.4. The van der Waals surface area contributed by atoms with Crippen LogP contribution in [0.5, 0.6) is 11.5 Å². The van der Waals surface area contributed by atoms with Crippen molar-refractivity contribution in [3.63, 3.8) is 0 Å². The van der Waals surface area contributed by atoms with E-state index in [-0.39, 0.29) is 11.5 Å². The standard InChI is InChI=1S/C27H32N2O2/c1-28-15-13-27-19-10-11-21(29-14-5-7-17-6-3-4-8-20(17)29)26(27)31-25-23(30-2)12-9-18(24(25)27)16-22(19)28/h3-4,6,8-9,12,19,21-22,26H,5,7,10-11,13-16H2,1-2H3/t19-,21+,22+,26-,27-/m0/s1. The lowest BCUT2D eigenvalue weighted by atomic mass is 9.51. The summed E-state index contributed by atoms with van der Waals surface area (Å²) in [7, 11) is 4.13. The molecule has 31 heavy (non-hydrogen) atoms. The van der Waals surface area contributed by atoms with Crippen LogP contribution < -0.4 is 14.4 Å². The van der Waals surface area contributed by atoms with Gasteiger partial charge in [-0.3, -0.25) is 0 Å². The van der Waals surface area contributed by atoms with E-state index in [1.54, 1.807) is 7.11 Å². The number of nitrogens with zero attached hydrogens (tertiary/aromatic N) is 2. The van der Waals surface area contributed by atoms with Crippen LogP contribution in [0.4, 0.5) is 5.69 Å². The number of benzene rings is 2. The van der Waals surface area contributed by atoms with Crippen LogP contribution in [-0.2, 0) is 18.3 Å². The van der Waals surface area contributed by atoms with Crippen molar-refractivity contribution in [3.05, 3.63) is 53.1 Å². The van der Waals surface area contributed by atoms with Crippen molar-refractivity contribution in [1.82, 2.24) is 4.90 Å². The molecule has 5 aliphatic rings. The molecular weight excluding hydrogens is 384 g/mol. The van der Waals surface area contributed by atoms with Crippen molar-refractivity contribution >= 4 is 5.69 Å². The fourth-order valence-electron chi connectivity index (χ4n) is 8.09. The number of para-hydroxylation sites is 1. The van der Waals surface area contributed by atoms with Gasteiger partial charge >= 0.3 is 0 Å². The number of methoxy groups -OCH3 is 1. The summed E-state index contributed by atoms with van der Waals surface area (Å²) in [5.41, 5.74) is 6.11. The molecule has 2 aromatic rings. The van der Waals surface area contributed by atoms with E-state index in [1.807, 2.05) is 0 Å². The number of fused-ring (bicyclic) bond motifs is 1. The summed E-state index contributed by atoms with van der Waals surface area (Å²) in [6, 6.07) is 14.6. The van der Waals surface area contributed by atoms with Gasteiger partial charge in [0, 0.05) is 29.3 Å². The Hall–Kier alpha value is -2.20. The van der Waals surface area contributed by atoms with Crippen LogP contribution in [0.3, 0.4) is 0 Å². The Morgan fingerprint density at radius 1 is 1.03 bits per heavy atom. The molecule has 2 fully saturated rings. The van der Waals surface area contributed by atoms with Gasteiger partial charge in [-0.1, -0.05) is 24.3 Å². The van der Waals surface area contributed by atoms with Crippen LogP contribution in [0.2, 0.25) is 0 Å². The van der Waals surface area contributed by atoms with E-state index < -0.39 is 0 Å². The van der Waals surface area contributed by atoms with Crippen molar-refractivity contribution in [2.75, 3.05) is 32.1 Å². The first-order chi connectivity index (χ1) is 15.2. The third kappa shape index (κ3) is 2.24. The first kappa shape index (κ1) is 18.4. The quantitative estimate of drug-likeness (QED) is 0.733. The summed E-state index contributed by atoms with van der Waals surface area (Å²) in [5, 5.41) is 0. The third-order valence-electron chi connectivity index (χ3n) is 9.31. The molecule has 2 aliphatic carbocycles. The Balaban J connectivity index is 1.40. The molecule has 0 aromatic heterocycles. The normalized spacial score (nSPS) is 35.2. The van der Waals surface area contributed by atoms with Gasteiger partial charge < -0.3 is 19.3 Å². The third-order valence-corrected chi connectivity index (χ3v) is 9.31. The van der Waals surface area contributed by atoms with Crippen molar-refractivity contribution in [1.29, 1.82) is 0 Å². The lowest BCUT2D eigenvalue weighted by Crippen LogP contribution is -2.68. The summed E-state index contributed by atoms with van der Waals surface area (Å²) in [6.07, 6.45) is 7.54. The molecule has 3 aliphatic heterocycles. The maximum Gasteiger partial charge on any atom is 0.165 e. The largest absolute Gasteiger partial charge is 0.493 e. The van der Waals surface area contributed by atoms with E-state index in [9.17, 15) is 0 Å². The Kier molecular flexibility index (Phi) is 3.80. The number of ether oxygens (including phenoxy) is 2. The van der Waals surface area contributed by atoms with Gasteiger partial charge in [0.05, 0.1) is 13.2 Å². The van der Waals surface area contributed by atoms with Gasteiger partial charge in [-0.15, -0.1) is 0 Å². The van der Waals surface area contributed by atoms with Crippen LogP contribution in [-0.4, -0.2) is 50.3 Å². The molecule has 1 spiro atoms. The summed E-state index contributed by atoms with van der Waals surface area (Å²) >= 11 is 0. The second-order valence-corrected chi connectivity index (χ2v) is 10.4. The number of anilines is 1. The molecule has 2 bridgehead atoms. The zero-order chi connectivity index (χ0) is 20.7. The minimum absolute atomic E-state index is 0.143. The van der Waals surface area contributed by atoms with Crippen LogP contribution >= 0.6 is 0 Å². The summed E-state index contributed by atoms with van der Waals surface area (Å²) in [4.78, 5) is 5.35. The molecule has 0 radical (unpaired) electrons. The Morgan fingerprint density at radius 2 is 1.94 bits per heavy atom. The molecule has 7 rings (SSSR count). The average Bonchev–Trinajstić information content (AvgIpc) is 3.16. The fraction of sp³-hybridized carbons (Fsp3) is 0.556. The van der Waals surface area contributed by atoms with Gasteiger partial charge in [0.2, 0.25) is 0 Å². The predicted molar refractivity (Wildman–Crippen MR) is 122 cm³/mol. The van der Waals surface area contributed by atoms with Crippen LogP contribution in [0.25, 0.3) is 0 Å². The van der Waals surface area contributed by atoms with Gasteiger partial charge in [-0.2, -0.15) is 0 Å². The molecular formula is C27H32N2O2. The molecule has 4 heteroatoms. The lowest BCUT2D eigenvalue weighted by Gasteiger charge is -2.60. The van der Waals surface area contributed by atoms with E-state index in [0.29, 0.717) is 18.0 Å². The second kappa shape index (κ2) is 6.41. The zero-order valence-electron chi connectivity index (χ0n) is 18.6. The van der Waals surface area contributed by atoms with Gasteiger partial charge in [0.25, 0.3) is 0 Å². The number of piperidine rings is 1. The Morgan fingerprint density at radius 3 is 2.84 bits per heavy atom. The highest BCUT2D eigenvalue weighted by molar-refractivity contribution is 5.63. The molecule has 5 atom stereocenters. The number of hydrogen-bond donors (Lipinski definition) is 0. The summed E-state index contributed by atoms with van der Waals surface area (Å²) < 4.78 is 12.9. The topological polar surface area (TPSA) is 24.9 Å². The van der Waals surface area contributed by atoms with E-state index in [0.717, 1.165) is 24.5 Å². The van der Waals surface area contributed by atoms with Gasteiger partial charge in [0.15, 0.2) is 11.5 Å². The van der Waals surface area contributed by atoms with E-state index >= 15 is 0 Å². The molecule has 0 amide bonds. The molecule has 1 saturated heterocycles. The van der Waals surface area contributed by atoms with Crippen molar-refractivity contribution in [3.8, 4) is 11.5 Å². The predicted octanol–water partition coefficient (Wildman–Crippen LogP) is 4.19. The Labute approximate surface area is 185 Å². The molecule has 0 unspecified atom stereocenters. The molecule has 3 heterocycles. The highest BCUT2D eigenvalue weighted by Gasteiger charge is 2.66. The maximum absolute atomic E-state index is 7.03. The summed E-state index contributed by atoms with van der Waals surface area (Å²) in [5.74, 6) is 2.68. The molecule has 2 aromatic carbocycles. The van der Waals surface area contributed by atoms with Crippen molar-refractivity contribution < 1.29 is 9.47 Å². The highest BCUT2D eigenvalue weighted by Crippen LogP contribution is 2.64. The minimum atomic E-state index is 0.143. The monoisotopic (exact) mass is 416 g/mol. The first-order valence-corrected chi connectivity index (χ1v) is 12.1. The fourth-order valence-corrected chi connectivity index (χ4v) is 8.09. The number of likely N-dealkylation sites (tertiary alicyclic amines) is 1. The summed E-state index contributed by atoms with van der Waals surface area (Å²) in [6.45, 7) is 2.31. The van der Waals surface area contributed by atoms with E-state index in [2.05, 4.69) is 53.2 Å². The van der Waals surface area contributed by atoms with Gasteiger partial charge in [0.1, 0.15) is 6.10 Å². The van der Waals surface area contributed by atoms with E-state index in [1.165, 1.54) is 61.0 Å². The van der Waals surface area contributed by atoms with Crippen molar-refractivity contribution in [2.45, 2.75) is 62.1 Å². The first-order valence-electron chi connectivity index (χ1n) is 12.1. The smallest absolute Gasteiger partial charge is 0.165 e. The highest BCUT2D eigenvalue weighted by atomic mass is 16.5. The number of likely N-dealkylation sites (N-methyl/N-ethyl adjacent to an activating group) is 1. The molecule has 4 nitrogen and oxygen atoms in total. The SMILES string of the molecule is COc1ccc2c3c1O[C@H]1[C@H](N4CCCc5ccccc54)CC[C@H]4[C@@H](C2)N(C)CC[C@@]341. The zero-order valence-corrected chi connectivity index (χ0v) is 18.6. The van der Waals surface area contributed by atoms with Crippen LogP contribution in [0.15, 0.2) is 36.4 Å². The molecule has 1 saturated carbocycles. The number of hydrogen-bond acceptors (Lipinski definition) is 4. The minimum Gasteiger partial charge on any atom is -0.493 e. The maximum atomic E-state index is 7.03. The number of rotatable bonds is 2. The number of aryl methyl sites for hydroxylation is 1. The van der Waals surface area contributed by atoms with Crippen LogP contribution in [0, 0.1) is 5.92 Å². The molecule has 0 N–H and O–H groups in total. The molecule has 162 valence electrons. The lowest BCUT2D eigenvalue weighted by molar-refractivity contribution is -0.0525. The van der Waals surface area contributed by atoms with E-state index in [4.69, 9.17) is 9.47 Å². The Bertz CT molecular complexity index is 1050. The van der Waals surface area contributed by atoms with Gasteiger partial charge in [-0.25, -0.2) is 0 Å². The van der Waals surface area contributed by atoms with Crippen LogP contribution in [0.1, 0.15) is 42.4 Å². The van der Waals surface area contributed by atoms with Crippen molar-refractivity contribution in [2.24, 2.45) is 5.92 Å². The average molecular weight is 417 g/mol. The van der Waals surface area contributed by atoms with Gasteiger partial charge in [-0.05, 0) is 81.3 Å².